The minimum absolute atomic E-state index is 0.768. The van der Waals surface area contributed by atoms with Gasteiger partial charge in [-0.3, -0.25) is 0 Å². The molecule has 1 rings (SSSR count). The molecule has 0 aromatic heterocycles. The van der Waals surface area contributed by atoms with Gasteiger partial charge >= 0.3 is 0 Å². The molecule has 0 bridgehead atoms. The van der Waals surface area contributed by atoms with E-state index in [9.17, 15) is 0 Å². The molecule has 1 aliphatic heterocycles. The summed E-state index contributed by atoms with van der Waals surface area (Å²) >= 11 is 0. The molecule has 1 aliphatic rings. The topological polar surface area (TPSA) is 6.48 Å². The Morgan fingerprint density at radius 3 is 1.16 bits per heavy atom. The second-order valence-electron chi connectivity index (χ2n) is 7.87. The van der Waals surface area contributed by atoms with Crippen molar-refractivity contribution >= 4 is 23.9 Å². The Balaban J connectivity index is 3.37. The van der Waals surface area contributed by atoms with E-state index in [-0.39, 0.29) is 0 Å². The van der Waals surface area contributed by atoms with Crippen molar-refractivity contribution in [3.8, 4) is 0 Å². The van der Waals surface area contributed by atoms with E-state index in [2.05, 4.69) is 75.4 Å². The molecular weight excluding hydrogens is 280 g/mol. The molecule has 0 radical (unpaired) electrons. The lowest BCUT2D eigenvalue weighted by Crippen LogP contribution is -2.65. The van der Waals surface area contributed by atoms with E-state index in [4.69, 9.17) is 0 Å². The second kappa shape index (κ2) is 5.40. The Labute approximate surface area is 124 Å². The van der Waals surface area contributed by atoms with Gasteiger partial charge in [0, 0.05) is 0 Å². The SMILES string of the molecule is CCC(C)N1[Si](C)(C)N(C(C)CC)[Si](C)(C)[Si]1(C)C. The second-order valence-corrected chi connectivity index (χ2v) is 27.3. The molecule has 0 aliphatic carbocycles. The predicted molar refractivity (Wildman–Crippen MR) is 95.6 cm³/mol. The molecule has 0 aromatic carbocycles. The molecule has 0 amide bonds. The van der Waals surface area contributed by atoms with Gasteiger partial charge in [0.15, 0.2) is 8.40 Å². The van der Waals surface area contributed by atoms with Crippen LogP contribution in [0.4, 0.5) is 0 Å². The third-order valence-electron chi connectivity index (χ3n) is 5.94. The van der Waals surface area contributed by atoms with Gasteiger partial charge in [-0.1, -0.05) is 53.9 Å². The number of nitrogens with zero attached hydrogens (tertiary/aromatic N) is 2. The maximum atomic E-state index is 3.08. The highest BCUT2D eigenvalue weighted by atomic mass is 29.3. The van der Waals surface area contributed by atoms with Gasteiger partial charge in [0.25, 0.3) is 0 Å². The van der Waals surface area contributed by atoms with Crippen LogP contribution in [0.5, 0.6) is 0 Å². The zero-order valence-corrected chi connectivity index (χ0v) is 18.0. The quantitative estimate of drug-likeness (QED) is 0.710. The first-order valence-corrected chi connectivity index (χ1v) is 17.8. The highest BCUT2D eigenvalue weighted by molar-refractivity contribution is 7.44. The number of hydrogen-bond donors (Lipinski definition) is 0. The normalized spacial score (nSPS) is 29.4. The van der Waals surface area contributed by atoms with E-state index < -0.39 is 23.9 Å². The molecule has 2 unspecified atom stereocenters. The van der Waals surface area contributed by atoms with Crippen LogP contribution in [-0.4, -0.2) is 44.4 Å². The van der Waals surface area contributed by atoms with Gasteiger partial charge in [-0.2, -0.15) is 0 Å². The van der Waals surface area contributed by atoms with Gasteiger partial charge in [-0.25, -0.2) is 0 Å². The van der Waals surface area contributed by atoms with Crippen LogP contribution in [0.1, 0.15) is 40.5 Å². The first-order valence-electron chi connectivity index (χ1n) is 8.05. The summed E-state index contributed by atoms with van der Waals surface area (Å²) in [5.74, 6) is 0. The van der Waals surface area contributed by atoms with Crippen LogP contribution in [-0.2, 0) is 0 Å². The molecular formula is C14H36N2Si3. The summed E-state index contributed by atoms with van der Waals surface area (Å²) in [5, 5.41) is 0. The molecule has 5 heteroatoms. The van der Waals surface area contributed by atoms with Crippen LogP contribution < -0.4 is 0 Å². The van der Waals surface area contributed by atoms with Gasteiger partial charge in [-0.15, -0.1) is 0 Å². The van der Waals surface area contributed by atoms with E-state index in [0.29, 0.717) is 0 Å². The van der Waals surface area contributed by atoms with Crippen molar-refractivity contribution in [2.75, 3.05) is 0 Å². The van der Waals surface area contributed by atoms with E-state index in [0.717, 1.165) is 12.1 Å². The van der Waals surface area contributed by atoms with Crippen molar-refractivity contribution in [1.82, 2.24) is 8.46 Å². The van der Waals surface area contributed by atoms with Gasteiger partial charge in [0.2, 0.25) is 0 Å². The minimum atomic E-state index is -1.45. The Kier molecular flexibility index (Phi) is 5.01. The highest BCUT2D eigenvalue weighted by Crippen LogP contribution is 2.44. The fraction of sp³-hybridized carbons (Fsp3) is 1.00. The maximum absolute atomic E-state index is 3.08. The Morgan fingerprint density at radius 2 is 0.947 bits per heavy atom. The molecule has 1 heterocycles. The lowest BCUT2D eigenvalue weighted by molar-refractivity contribution is 0.404. The number of rotatable bonds is 4. The lowest BCUT2D eigenvalue weighted by Gasteiger charge is -2.45. The van der Waals surface area contributed by atoms with Crippen molar-refractivity contribution < 1.29 is 0 Å². The van der Waals surface area contributed by atoms with Crippen LogP contribution in [0.2, 0.25) is 39.3 Å². The maximum Gasteiger partial charge on any atom is 0.187 e. The molecule has 0 N–H and O–H groups in total. The largest absolute Gasteiger partial charge is 0.332 e. The average Bonchev–Trinajstić information content (AvgIpc) is 2.37. The van der Waals surface area contributed by atoms with Crippen LogP contribution in [0, 0.1) is 0 Å². The van der Waals surface area contributed by atoms with Crippen LogP contribution in [0.15, 0.2) is 0 Å². The van der Waals surface area contributed by atoms with Gasteiger partial charge in [0.05, 0.1) is 0 Å². The zero-order chi connectivity index (χ0) is 15.2. The zero-order valence-electron chi connectivity index (χ0n) is 15.0. The molecule has 1 fully saturated rings. The molecule has 0 aromatic rings. The fourth-order valence-corrected chi connectivity index (χ4v) is 37.7. The summed E-state index contributed by atoms with van der Waals surface area (Å²) in [7, 11) is -4.05. The summed E-state index contributed by atoms with van der Waals surface area (Å²) < 4.78 is 6.16. The summed E-state index contributed by atoms with van der Waals surface area (Å²) in [6.07, 6.45) is 2.59. The third-order valence-corrected chi connectivity index (χ3v) is 33.9. The molecule has 2 atom stereocenters. The van der Waals surface area contributed by atoms with E-state index in [1.165, 1.54) is 12.8 Å². The highest BCUT2D eigenvalue weighted by Gasteiger charge is 2.66. The van der Waals surface area contributed by atoms with Gasteiger partial charge < -0.3 is 8.46 Å². The van der Waals surface area contributed by atoms with Gasteiger partial charge in [0.1, 0.15) is 15.5 Å². The van der Waals surface area contributed by atoms with Crippen molar-refractivity contribution in [3.63, 3.8) is 0 Å². The van der Waals surface area contributed by atoms with Crippen molar-refractivity contribution in [2.24, 2.45) is 0 Å². The molecule has 19 heavy (non-hydrogen) atoms. The molecule has 0 spiro atoms. The smallest absolute Gasteiger partial charge is 0.187 e. The van der Waals surface area contributed by atoms with E-state index in [1.54, 1.807) is 0 Å². The fourth-order valence-electron chi connectivity index (χ4n) is 4.62. The van der Waals surface area contributed by atoms with Crippen LogP contribution >= 0.6 is 0 Å². The summed E-state index contributed by atoms with van der Waals surface area (Å²) in [4.78, 5) is 0. The predicted octanol–water partition coefficient (Wildman–Crippen LogP) is 4.39. The van der Waals surface area contributed by atoms with Crippen LogP contribution in [0.3, 0.4) is 0 Å². The third kappa shape index (κ3) is 2.46. The Morgan fingerprint density at radius 1 is 0.684 bits per heavy atom. The van der Waals surface area contributed by atoms with Crippen molar-refractivity contribution in [2.45, 2.75) is 91.9 Å². The number of hydrogen-bond acceptors (Lipinski definition) is 2. The van der Waals surface area contributed by atoms with Crippen molar-refractivity contribution in [3.05, 3.63) is 0 Å². The molecule has 1 saturated heterocycles. The van der Waals surface area contributed by atoms with Gasteiger partial charge in [-0.05, 0) is 38.0 Å². The van der Waals surface area contributed by atoms with Crippen molar-refractivity contribution in [1.29, 1.82) is 0 Å². The summed E-state index contributed by atoms with van der Waals surface area (Å²) in [6, 6.07) is 1.54. The Hall–Kier alpha value is 0.571. The first kappa shape index (κ1) is 17.6. The summed E-state index contributed by atoms with van der Waals surface area (Å²) in [6.45, 7) is 25.5. The lowest BCUT2D eigenvalue weighted by atomic mass is 10.3. The van der Waals surface area contributed by atoms with Crippen LogP contribution in [0.25, 0.3) is 0 Å². The van der Waals surface area contributed by atoms with E-state index >= 15 is 0 Å². The van der Waals surface area contributed by atoms with E-state index in [1.807, 2.05) is 0 Å². The molecule has 0 saturated carbocycles. The average molecular weight is 317 g/mol. The molecule has 2 nitrogen and oxygen atoms in total. The summed E-state index contributed by atoms with van der Waals surface area (Å²) in [5.41, 5.74) is 0. The molecule has 114 valence electrons. The Bertz CT molecular complexity index is 299. The first-order chi connectivity index (χ1) is 8.46. The standard InChI is InChI=1S/C14H36N2Si3/c1-11-13(3)15-17(5,6)16(14(4)12-2)19(9,10)18(15,7)8/h13-14H,11-12H2,1-10H3. The monoisotopic (exact) mass is 316 g/mol. The minimum Gasteiger partial charge on any atom is -0.332 e.